The molecule has 0 radical (unpaired) electrons. The van der Waals surface area contributed by atoms with Crippen molar-refractivity contribution < 1.29 is 8.42 Å². The molecule has 0 saturated heterocycles. The molecule has 0 rings (SSSR count). The van der Waals surface area contributed by atoms with E-state index >= 15 is 0 Å². The summed E-state index contributed by atoms with van der Waals surface area (Å²) in [7, 11) is -2.23. The van der Waals surface area contributed by atoms with E-state index in [0.29, 0.717) is 0 Å². The van der Waals surface area contributed by atoms with E-state index in [9.17, 15) is 8.42 Å². The Morgan fingerprint density at radius 1 is 1.27 bits per heavy atom. The predicted molar refractivity (Wildman–Crippen MR) is 50.8 cm³/mol. The Bertz CT molecular complexity index is 217. The first-order valence-electron chi connectivity index (χ1n) is 3.68. The topological polar surface area (TPSA) is 37.4 Å². The van der Waals surface area contributed by atoms with Crippen molar-refractivity contribution in [3.05, 3.63) is 0 Å². The summed E-state index contributed by atoms with van der Waals surface area (Å²) in [5.74, 6) is 0. The zero-order valence-electron chi connectivity index (χ0n) is 7.88. The Morgan fingerprint density at radius 3 is 1.73 bits per heavy atom. The summed E-state index contributed by atoms with van der Waals surface area (Å²) in [4.78, 5) is 0. The standard InChI is InChI=1S/C6H17NO2SSi/c1-6(2,3)7(4)10(8,9)11-5/h11H2,1-5H3. The molecule has 0 aromatic rings. The maximum Gasteiger partial charge on any atom is 0.181 e. The zero-order chi connectivity index (χ0) is 9.28. The molecule has 0 aromatic carbocycles. The van der Waals surface area contributed by atoms with E-state index in [-0.39, 0.29) is 5.54 Å². The Morgan fingerprint density at radius 2 is 1.64 bits per heavy atom. The highest BCUT2D eigenvalue weighted by Gasteiger charge is 2.26. The van der Waals surface area contributed by atoms with E-state index in [1.54, 1.807) is 13.6 Å². The lowest BCUT2D eigenvalue weighted by Crippen LogP contribution is -2.43. The van der Waals surface area contributed by atoms with Gasteiger partial charge in [0.2, 0.25) is 0 Å². The lowest BCUT2D eigenvalue weighted by Gasteiger charge is -2.30. The molecule has 0 heterocycles. The van der Waals surface area contributed by atoms with Gasteiger partial charge in [-0.05, 0) is 20.8 Å². The average molecular weight is 195 g/mol. The largest absolute Gasteiger partial charge is 0.221 e. The van der Waals surface area contributed by atoms with Crippen LogP contribution in [0.5, 0.6) is 0 Å². The molecule has 0 fully saturated rings. The molecule has 0 bridgehead atoms. The molecule has 0 aliphatic carbocycles. The fourth-order valence-corrected chi connectivity index (χ4v) is 4.16. The van der Waals surface area contributed by atoms with Gasteiger partial charge in [-0.1, -0.05) is 6.55 Å². The second-order valence-corrected chi connectivity index (χ2v) is 9.75. The van der Waals surface area contributed by atoms with E-state index in [2.05, 4.69) is 0 Å². The summed E-state index contributed by atoms with van der Waals surface area (Å²) >= 11 is 0. The van der Waals surface area contributed by atoms with Crippen molar-refractivity contribution >= 4 is 18.1 Å². The predicted octanol–water partition coefficient (Wildman–Crippen LogP) is 0.178. The first-order chi connectivity index (χ1) is 4.72. The molecule has 0 atom stereocenters. The first kappa shape index (κ1) is 11.1. The third-order valence-electron chi connectivity index (χ3n) is 1.73. The van der Waals surface area contributed by atoms with Crippen LogP contribution in [0.2, 0.25) is 6.55 Å². The molecule has 3 nitrogen and oxygen atoms in total. The van der Waals surface area contributed by atoms with Crippen LogP contribution in [0.15, 0.2) is 0 Å². The second kappa shape index (κ2) is 3.24. The maximum atomic E-state index is 11.3. The van der Waals surface area contributed by atoms with Crippen LogP contribution in [0.1, 0.15) is 20.8 Å². The average Bonchev–Trinajstić information content (AvgIpc) is 1.84. The third-order valence-corrected chi connectivity index (χ3v) is 7.19. The SMILES string of the molecule is C[SiH2]S(=O)(=O)N(C)C(C)(C)C. The van der Waals surface area contributed by atoms with Gasteiger partial charge < -0.3 is 0 Å². The summed E-state index contributed by atoms with van der Waals surface area (Å²) in [6, 6.07) is 0. The van der Waals surface area contributed by atoms with Gasteiger partial charge in [0, 0.05) is 12.6 Å². The van der Waals surface area contributed by atoms with Crippen LogP contribution in [-0.2, 0) is 9.47 Å². The van der Waals surface area contributed by atoms with Gasteiger partial charge in [0.25, 0.3) is 0 Å². The molecule has 0 saturated carbocycles. The van der Waals surface area contributed by atoms with Crippen LogP contribution in [0.4, 0.5) is 0 Å². The molecule has 5 heteroatoms. The lowest BCUT2D eigenvalue weighted by atomic mass is 10.1. The van der Waals surface area contributed by atoms with Crippen LogP contribution >= 0.6 is 0 Å². The highest BCUT2D eigenvalue weighted by molar-refractivity contribution is 8.13. The van der Waals surface area contributed by atoms with Crippen molar-refractivity contribution in [2.45, 2.75) is 32.9 Å². The quantitative estimate of drug-likeness (QED) is 0.589. The molecule has 0 aliphatic rings. The van der Waals surface area contributed by atoms with E-state index < -0.39 is 18.1 Å². The summed E-state index contributed by atoms with van der Waals surface area (Å²) in [6.45, 7) is 7.48. The molecule has 0 aromatic heterocycles. The molecule has 0 unspecified atom stereocenters. The van der Waals surface area contributed by atoms with Gasteiger partial charge in [-0.3, -0.25) is 0 Å². The monoisotopic (exact) mass is 195 g/mol. The van der Waals surface area contributed by atoms with Gasteiger partial charge in [-0.25, -0.2) is 12.7 Å². The van der Waals surface area contributed by atoms with Gasteiger partial charge in [0.1, 0.15) is 0 Å². The number of nitrogens with zero attached hydrogens (tertiary/aromatic N) is 1. The van der Waals surface area contributed by atoms with Crippen molar-refractivity contribution in [3.8, 4) is 0 Å². The normalized spacial score (nSPS) is 15.1. The maximum absolute atomic E-state index is 11.3. The highest BCUT2D eigenvalue weighted by atomic mass is 32.4. The summed E-state index contributed by atoms with van der Waals surface area (Å²) < 4.78 is 24.1. The first-order valence-corrected chi connectivity index (χ1v) is 8.44. The van der Waals surface area contributed by atoms with Crippen molar-refractivity contribution in [3.63, 3.8) is 0 Å². The molecule has 0 spiro atoms. The minimum Gasteiger partial charge on any atom is -0.221 e. The molecule has 0 amide bonds. The second-order valence-electron chi connectivity index (χ2n) is 3.54. The lowest BCUT2D eigenvalue weighted by molar-refractivity contribution is 0.297. The molecule has 11 heavy (non-hydrogen) atoms. The van der Waals surface area contributed by atoms with Crippen LogP contribution in [-0.4, -0.2) is 34.0 Å². The van der Waals surface area contributed by atoms with Crippen molar-refractivity contribution in [1.29, 1.82) is 0 Å². The van der Waals surface area contributed by atoms with Crippen LogP contribution in [0.25, 0.3) is 0 Å². The fraction of sp³-hybridized carbons (Fsp3) is 1.00. The number of hydrogen-bond acceptors (Lipinski definition) is 2. The highest BCUT2D eigenvalue weighted by Crippen LogP contribution is 2.14. The summed E-state index contributed by atoms with van der Waals surface area (Å²) in [5, 5.41) is 0. The minimum atomic E-state index is -2.88. The van der Waals surface area contributed by atoms with Gasteiger partial charge >= 0.3 is 0 Å². The molecular formula is C6H17NO2SSi. The minimum absolute atomic E-state index is 0.276. The number of hydrogen-bond donors (Lipinski definition) is 0. The van der Waals surface area contributed by atoms with Crippen LogP contribution in [0, 0.1) is 0 Å². The molecule has 68 valence electrons. The van der Waals surface area contributed by atoms with Crippen molar-refractivity contribution in [2.24, 2.45) is 0 Å². The van der Waals surface area contributed by atoms with E-state index in [4.69, 9.17) is 0 Å². The van der Waals surface area contributed by atoms with Gasteiger partial charge in [0.15, 0.2) is 18.1 Å². The molecular weight excluding hydrogens is 178 g/mol. The zero-order valence-corrected chi connectivity index (χ0v) is 10.1. The third kappa shape index (κ3) is 2.92. The van der Waals surface area contributed by atoms with Crippen LogP contribution in [0.3, 0.4) is 0 Å². The van der Waals surface area contributed by atoms with E-state index in [1.165, 1.54) is 4.31 Å². The van der Waals surface area contributed by atoms with Crippen molar-refractivity contribution in [2.75, 3.05) is 7.05 Å². The Kier molecular flexibility index (Phi) is 3.28. The van der Waals surface area contributed by atoms with E-state index in [1.807, 2.05) is 20.8 Å². The molecule has 0 aliphatic heterocycles. The van der Waals surface area contributed by atoms with E-state index in [0.717, 1.165) is 0 Å². The van der Waals surface area contributed by atoms with Crippen LogP contribution < -0.4 is 0 Å². The Balaban J connectivity index is 4.64. The summed E-state index contributed by atoms with van der Waals surface area (Å²) in [5.41, 5.74) is -0.276. The smallest absolute Gasteiger partial charge is 0.181 e. The Labute approximate surface area is 71.3 Å². The number of rotatable bonds is 2. The van der Waals surface area contributed by atoms with Gasteiger partial charge in [-0.15, -0.1) is 0 Å². The van der Waals surface area contributed by atoms with Gasteiger partial charge in [-0.2, -0.15) is 0 Å². The fourth-order valence-electron chi connectivity index (χ4n) is 0.611. The summed E-state index contributed by atoms with van der Waals surface area (Å²) in [6.07, 6.45) is 0. The molecule has 0 N–H and O–H groups in total. The van der Waals surface area contributed by atoms with Gasteiger partial charge in [0.05, 0.1) is 0 Å². The van der Waals surface area contributed by atoms with Crippen molar-refractivity contribution in [1.82, 2.24) is 4.31 Å². The Hall–Kier alpha value is 0.127.